The molecule has 1 aliphatic heterocycles. The maximum atomic E-state index is 11.9. The van der Waals surface area contributed by atoms with E-state index in [1.54, 1.807) is 0 Å². The molecule has 1 saturated carbocycles. The Hall–Kier alpha value is -1.35. The van der Waals surface area contributed by atoms with Crippen LogP contribution in [0.5, 0.6) is 0 Å². The fourth-order valence-corrected chi connectivity index (χ4v) is 2.81. The van der Waals surface area contributed by atoms with E-state index in [4.69, 9.17) is 0 Å². The van der Waals surface area contributed by atoms with Crippen molar-refractivity contribution < 1.29 is 9.90 Å². The SMILES string of the molecule is O=C1NCCCc2ccc(C(O)C3CCC3)cc21. The molecule has 1 amide bonds. The minimum absolute atomic E-state index is 0.00478. The number of hydrogen-bond acceptors (Lipinski definition) is 2. The van der Waals surface area contributed by atoms with Gasteiger partial charge in [0, 0.05) is 12.1 Å². The van der Waals surface area contributed by atoms with Crippen LogP contribution in [0.1, 0.15) is 53.3 Å². The van der Waals surface area contributed by atoms with E-state index in [1.165, 1.54) is 6.42 Å². The van der Waals surface area contributed by atoms with Crippen LogP contribution in [-0.4, -0.2) is 17.6 Å². The molecule has 0 radical (unpaired) electrons. The Bertz CT molecular complexity index is 466. The summed E-state index contributed by atoms with van der Waals surface area (Å²) in [5, 5.41) is 13.2. The second kappa shape index (κ2) is 4.73. The van der Waals surface area contributed by atoms with Crippen molar-refractivity contribution in [2.24, 2.45) is 5.92 Å². The molecule has 0 aromatic heterocycles. The van der Waals surface area contributed by atoms with Crippen LogP contribution in [0.15, 0.2) is 18.2 Å². The summed E-state index contributed by atoms with van der Waals surface area (Å²) in [7, 11) is 0. The third-order valence-corrected chi connectivity index (χ3v) is 4.22. The predicted molar refractivity (Wildman–Crippen MR) is 69.4 cm³/mol. The quantitative estimate of drug-likeness (QED) is 0.839. The van der Waals surface area contributed by atoms with E-state index in [0.717, 1.165) is 48.9 Å². The summed E-state index contributed by atoms with van der Waals surface area (Å²) in [6.45, 7) is 0.744. The summed E-state index contributed by atoms with van der Waals surface area (Å²) in [4.78, 5) is 11.9. The van der Waals surface area contributed by atoms with Gasteiger partial charge in [0.15, 0.2) is 0 Å². The number of carbonyl (C=O) groups excluding carboxylic acids is 1. The Morgan fingerprint density at radius 1 is 1.28 bits per heavy atom. The molecule has 18 heavy (non-hydrogen) atoms. The van der Waals surface area contributed by atoms with Crippen molar-refractivity contribution in [3.8, 4) is 0 Å². The number of rotatable bonds is 2. The van der Waals surface area contributed by atoms with Gasteiger partial charge in [0.05, 0.1) is 6.10 Å². The number of carbonyl (C=O) groups is 1. The lowest BCUT2D eigenvalue weighted by atomic mass is 9.78. The molecule has 1 heterocycles. The number of hydrogen-bond donors (Lipinski definition) is 2. The third-order valence-electron chi connectivity index (χ3n) is 4.22. The molecule has 0 bridgehead atoms. The normalized spacial score (nSPS) is 21.5. The highest BCUT2D eigenvalue weighted by atomic mass is 16.3. The van der Waals surface area contributed by atoms with Crippen molar-refractivity contribution in [1.29, 1.82) is 0 Å². The number of aryl methyl sites for hydroxylation is 1. The molecule has 1 aromatic carbocycles. The fraction of sp³-hybridized carbons (Fsp3) is 0.533. The largest absolute Gasteiger partial charge is 0.388 e. The summed E-state index contributed by atoms with van der Waals surface area (Å²) < 4.78 is 0. The Labute approximate surface area is 107 Å². The van der Waals surface area contributed by atoms with Crippen molar-refractivity contribution in [3.05, 3.63) is 34.9 Å². The van der Waals surface area contributed by atoms with E-state index in [9.17, 15) is 9.90 Å². The van der Waals surface area contributed by atoms with Gasteiger partial charge in [0.25, 0.3) is 5.91 Å². The van der Waals surface area contributed by atoms with Gasteiger partial charge in [-0.1, -0.05) is 18.6 Å². The van der Waals surface area contributed by atoms with Gasteiger partial charge < -0.3 is 10.4 Å². The topological polar surface area (TPSA) is 49.3 Å². The predicted octanol–water partition coefficient (Wildman–Crippen LogP) is 2.20. The number of fused-ring (bicyclic) bond motifs is 1. The van der Waals surface area contributed by atoms with Gasteiger partial charge in [-0.2, -0.15) is 0 Å². The molecule has 0 spiro atoms. The first kappa shape index (κ1) is 11.7. The summed E-state index contributed by atoms with van der Waals surface area (Å²) in [5.74, 6) is 0.391. The van der Waals surface area contributed by atoms with E-state index in [-0.39, 0.29) is 5.91 Å². The molecular weight excluding hydrogens is 226 g/mol. The number of aliphatic hydroxyl groups is 1. The first-order valence-corrected chi connectivity index (χ1v) is 6.85. The second-order valence-corrected chi connectivity index (χ2v) is 5.41. The van der Waals surface area contributed by atoms with Crippen LogP contribution < -0.4 is 5.32 Å². The van der Waals surface area contributed by atoms with Crippen LogP contribution in [0, 0.1) is 5.92 Å². The van der Waals surface area contributed by atoms with Crippen LogP contribution in [0.3, 0.4) is 0 Å². The van der Waals surface area contributed by atoms with E-state index < -0.39 is 6.10 Å². The van der Waals surface area contributed by atoms with E-state index >= 15 is 0 Å². The van der Waals surface area contributed by atoms with Crippen molar-refractivity contribution in [2.45, 2.75) is 38.2 Å². The monoisotopic (exact) mass is 245 g/mol. The standard InChI is InChI=1S/C15H19NO2/c17-14(11-3-1-4-11)12-7-6-10-5-2-8-16-15(18)13(10)9-12/h6-7,9,11,14,17H,1-5,8H2,(H,16,18). The average molecular weight is 245 g/mol. The van der Waals surface area contributed by atoms with Gasteiger partial charge in [-0.05, 0) is 48.8 Å². The Kier molecular flexibility index (Phi) is 3.08. The number of benzene rings is 1. The zero-order valence-corrected chi connectivity index (χ0v) is 10.5. The molecule has 1 aromatic rings. The number of nitrogens with one attached hydrogen (secondary N) is 1. The van der Waals surface area contributed by atoms with Crippen molar-refractivity contribution in [3.63, 3.8) is 0 Å². The van der Waals surface area contributed by atoms with Gasteiger partial charge in [-0.15, -0.1) is 0 Å². The molecule has 0 saturated heterocycles. The van der Waals surface area contributed by atoms with E-state index in [1.807, 2.05) is 18.2 Å². The maximum Gasteiger partial charge on any atom is 0.251 e. The molecule has 3 nitrogen and oxygen atoms in total. The van der Waals surface area contributed by atoms with E-state index in [2.05, 4.69) is 5.32 Å². The molecule has 3 heteroatoms. The molecule has 96 valence electrons. The van der Waals surface area contributed by atoms with Gasteiger partial charge in [-0.3, -0.25) is 4.79 Å². The molecule has 3 rings (SSSR count). The van der Waals surface area contributed by atoms with Crippen LogP contribution >= 0.6 is 0 Å². The Morgan fingerprint density at radius 3 is 2.83 bits per heavy atom. The molecular formula is C15H19NO2. The first-order valence-electron chi connectivity index (χ1n) is 6.85. The molecule has 1 unspecified atom stereocenters. The zero-order valence-electron chi connectivity index (χ0n) is 10.5. The lowest BCUT2D eigenvalue weighted by Gasteiger charge is -2.30. The van der Waals surface area contributed by atoms with Crippen LogP contribution in [0.4, 0.5) is 0 Å². The number of aliphatic hydroxyl groups excluding tert-OH is 1. The van der Waals surface area contributed by atoms with Gasteiger partial charge in [0.1, 0.15) is 0 Å². The lowest BCUT2D eigenvalue weighted by molar-refractivity contribution is 0.0620. The molecule has 1 aliphatic carbocycles. The van der Waals surface area contributed by atoms with Gasteiger partial charge in [0.2, 0.25) is 0 Å². The Morgan fingerprint density at radius 2 is 2.11 bits per heavy atom. The molecule has 2 N–H and O–H groups in total. The Balaban J connectivity index is 1.91. The smallest absolute Gasteiger partial charge is 0.251 e. The minimum Gasteiger partial charge on any atom is -0.388 e. The van der Waals surface area contributed by atoms with Gasteiger partial charge in [-0.25, -0.2) is 0 Å². The zero-order chi connectivity index (χ0) is 12.5. The fourth-order valence-electron chi connectivity index (χ4n) is 2.81. The minimum atomic E-state index is -0.403. The van der Waals surface area contributed by atoms with Crippen LogP contribution in [0.25, 0.3) is 0 Å². The second-order valence-electron chi connectivity index (χ2n) is 5.41. The highest BCUT2D eigenvalue weighted by molar-refractivity contribution is 5.96. The number of amides is 1. The summed E-state index contributed by atoms with van der Waals surface area (Å²) >= 11 is 0. The lowest BCUT2D eigenvalue weighted by Crippen LogP contribution is -2.24. The molecule has 1 atom stereocenters. The maximum absolute atomic E-state index is 11.9. The summed E-state index contributed by atoms with van der Waals surface area (Å²) in [6, 6.07) is 5.89. The first-order chi connectivity index (χ1) is 8.75. The summed E-state index contributed by atoms with van der Waals surface area (Å²) in [6.07, 6.45) is 4.94. The highest BCUT2D eigenvalue weighted by Crippen LogP contribution is 2.38. The highest BCUT2D eigenvalue weighted by Gasteiger charge is 2.27. The van der Waals surface area contributed by atoms with E-state index in [0.29, 0.717) is 5.92 Å². The van der Waals surface area contributed by atoms with Gasteiger partial charge >= 0.3 is 0 Å². The molecule has 1 fully saturated rings. The van der Waals surface area contributed by atoms with Crippen molar-refractivity contribution in [1.82, 2.24) is 5.32 Å². The van der Waals surface area contributed by atoms with Crippen molar-refractivity contribution in [2.75, 3.05) is 6.54 Å². The van der Waals surface area contributed by atoms with Crippen molar-refractivity contribution >= 4 is 5.91 Å². The third kappa shape index (κ3) is 2.03. The average Bonchev–Trinajstić information content (AvgIpc) is 2.49. The summed E-state index contributed by atoms with van der Waals surface area (Å²) in [5.41, 5.74) is 2.76. The van der Waals surface area contributed by atoms with Crippen LogP contribution in [-0.2, 0) is 6.42 Å². The molecule has 2 aliphatic rings. The van der Waals surface area contributed by atoms with Crippen LogP contribution in [0.2, 0.25) is 0 Å².